The van der Waals surface area contributed by atoms with Crippen LogP contribution < -0.4 is 4.74 Å². The van der Waals surface area contributed by atoms with Crippen molar-refractivity contribution in [2.45, 2.75) is 32.6 Å². The average molecular weight is 1180 g/mol. The van der Waals surface area contributed by atoms with Crippen molar-refractivity contribution in [2.24, 2.45) is 0 Å². The summed E-state index contributed by atoms with van der Waals surface area (Å²) in [5, 5.41) is 1.63. The number of nitrogens with zero attached hydrogens (tertiary/aromatic N) is 4. The molecule has 0 fully saturated rings. The molecule has 0 saturated heterocycles. The number of pyridine rings is 1. The molecular formula is C71H50N4OPt-2. The second-order valence-electron chi connectivity index (χ2n) is 20.5. The van der Waals surface area contributed by atoms with Crippen LogP contribution in [-0.4, -0.2) is 18.7 Å². The first-order chi connectivity index (χ1) is 39.8. The molecule has 1 aliphatic carbocycles. The maximum atomic E-state index is 8.80. The van der Waals surface area contributed by atoms with Crippen molar-refractivity contribution in [3.05, 3.63) is 269 Å². The summed E-state index contributed by atoms with van der Waals surface area (Å²) in [6, 6.07) is 75.3. The fourth-order valence-corrected chi connectivity index (χ4v) is 12.3. The molecule has 372 valence electrons. The van der Waals surface area contributed by atoms with Gasteiger partial charge in [0.1, 0.15) is 0 Å². The summed E-state index contributed by atoms with van der Waals surface area (Å²) < 4.78 is 57.2. The van der Waals surface area contributed by atoms with Crippen LogP contribution in [0.1, 0.15) is 44.3 Å². The number of hydrogen-bond donors (Lipinski definition) is 0. The SMILES string of the molecule is [2H]c1c([2H])c([2H])c(-c2ccc3c(c2)c2ccc(Oc4[c-]c(-n5[c](=[Pt])n(-c6c(-c7ccccc7)cc7c(c6-c6ccccc6)Cc6cc(-c8ccccc8)ccc6-7)c6ccccc65)ccc4)[c-]c2n3-c2cc(C(C)(C)C)ccn2)c([2H])c1[2H]. The third-order valence-corrected chi connectivity index (χ3v) is 15.9. The van der Waals surface area contributed by atoms with E-state index in [1.807, 2.05) is 54.7 Å². The minimum Gasteiger partial charge on any atom is -0.0617 e. The number of para-hydroxylation sites is 2. The Labute approximate surface area is 466 Å². The Morgan fingerprint density at radius 1 is 0.519 bits per heavy atom. The molecule has 77 heavy (non-hydrogen) atoms. The molecular weight excluding hydrogens is 1120 g/mol. The van der Waals surface area contributed by atoms with E-state index in [0.29, 0.717) is 28.4 Å². The zero-order chi connectivity index (χ0) is 56.1. The summed E-state index contributed by atoms with van der Waals surface area (Å²) in [6.07, 6.45) is 2.61. The van der Waals surface area contributed by atoms with Crippen molar-refractivity contribution < 1.29 is 30.9 Å². The molecule has 0 atom stereocenters. The van der Waals surface area contributed by atoms with Crippen molar-refractivity contribution in [2.75, 3.05) is 0 Å². The molecule has 1 aliphatic rings. The Hall–Kier alpha value is -8.89. The van der Waals surface area contributed by atoms with E-state index in [0.717, 1.165) is 71.2 Å². The van der Waals surface area contributed by atoms with Gasteiger partial charge in [-0.3, -0.25) is 0 Å². The smallest absolute Gasteiger partial charge is 0.0617 e. The van der Waals surface area contributed by atoms with Gasteiger partial charge in [-0.1, -0.05) is 63.1 Å². The van der Waals surface area contributed by atoms with Crippen molar-refractivity contribution in [1.29, 1.82) is 0 Å². The first-order valence-corrected chi connectivity index (χ1v) is 26.9. The molecule has 0 N–H and O–H groups in total. The number of aromatic nitrogens is 4. The second-order valence-corrected chi connectivity index (χ2v) is 21.5. The van der Waals surface area contributed by atoms with Gasteiger partial charge < -0.3 is 0 Å². The molecule has 5 nitrogen and oxygen atoms in total. The second kappa shape index (κ2) is 18.7. The summed E-state index contributed by atoms with van der Waals surface area (Å²) >= 11 is 2.49. The fourth-order valence-electron chi connectivity index (χ4n) is 11.2. The monoisotopic (exact) mass is 1170 g/mol. The van der Waals surface area contributed by atoms with Gasteiger partial charge in [0, 0.05) is 6.20 Å². The van der Waals surface area contributed by atoms with Gasteiger partial charge in [0.05, 0.1) is 6.85 Å². The molecule has 13 aromatic rings. The van der Waals surface area contributed by atoms with Crippen LogP contribution in [0.25, 0.3) is 106 Å². The van der Waals surface area contributed by atoms with Gasteiger partial charge in [-0.25, -0.2) is 0 Å². The summed E-state index contributed by atoms with van der Waals surface area (Å²) in [5.41, 5.74) is 19.1. The molecule has 10 aromatic carbocycles. The summed E-state index contributed by atoms with van der Waals surface area (Å²) in [5.74, 6) is 1.64. The number of fused-ring (bicyclic) bond motifs is 7. The van der Waals surface area contributed by atoms with Crippen molar-refractivity contribution in [3.8, 4) is 84.3 Å². The molecule has 3 heterocycles. The molecule has 14 rings (SSSR count). The van der Waals surface area contributed by atoms with Gasteiger partial charge >= 0.3 is 364 Å². The van der Waals surface area contributed by atoms with Crippen LogP contribution in [0.4, 0.5) is 0 Å². The topological polar surface area (TPSA) is 36.9 Å². The standard InChI is InChI=1S/C71H50N4O.Pt/c1-71(2,3)54-37-38-72-68(42-54)75-64-36-32-52(48-21-10-5-11-22-48)40-62(64)59-35-33-57(44-67(59)75)76-56-28-18-27-55(43-56)73-46-74(66-30-17-16-29-65(66)73)70-60(49-23-12-6-13-24-49)45-61-58-34-31-51(47-19-8-4-9-20-47)39-53(58)41-63(61)69(70)50-25-14-7-15-26-50;/h4-40,42,45H,41H2,1-3H3;/q-2;/i5D,10D,11D,21D,22D;. The molecule has 0 amide bonds. The molecule has 3 aromatic heterocycles. The van der Waals surface area contributed by atoms with Crippen molar-refractivity contribution in [3.63, 3.8) is 0 Å². The van der Waals surface area contributed by atoms with Crippen LogP contribution in [0.3, 0.4) is 0 Å². The van der Waals surface area contributed by atoms with Crippen LogP contribution in [0.5, 0.6) is 11.5 Å². The van der Waals surface area contributed by atoms with E-state index in [1.54, 1.807) is 0 Å². The van der Waals surface area contributed by atoms with Crippen LogP contribution >= 0.6 is 0 Å². The predicted octanol–water partition coefficient (Wildman–Crippen LogP) is 17.9. The van der Waals surface area contributed by atoms with E-state index >= 15 is 0 Å². The fraction of sp³-hybridized carbons (Fsp3) is 0.0704. The Kier molecular flexibility index (Phi) is 10.1. The predicted molar refractivity (Wildman–Crippen MR) is 311 cm³/mol. The molecule has 0 spiro atoms. The Balaban J connectivity index is 0.917. The van der Waals surface area contributed by atoms with Crippen LogP contribution in [-0.2, 0) is 31.2 Å². The third kappa shape index (κ3) is 8.13. The summed E-state index contributed by atoms with van der Waals surface area (Å²) in [7, 11) is 0. The van der Waals surface area contributed by atoms with Gasteiger partial charge in [-0.05, 0) is 28.2 Å². The van der Waals surface area contributed by atoms with E-state index < -0.39 is 6.04 Å². The third-order valence-electron chi connectivity index (χ3n) is 14.8. The number of hydrogen-bond acceptors (Lipinski definition) is 2. The average Bonchev–Trinajstić information content (AvgIpc) is 3.38. The maximum absolute atomic E-state index is 8.80. The Bertz CT molecular complexity index is 4780. The molecule has 0 bridgehead atoms. The Morgan fingerprint density at radius 2 is 1.19 bits per heavy atom. The minimum atomic E-state index is -0.430. The quantitative estimate of drug-likeness (QED) is 0.135. The summed E-state index contributed by atoms with van der Waals surface area (Å²) in [6.45, 7) is 6.50. The van der Waals surface area contributed by atoms with Gasteiger partial charge in [-0.2, -0.15) is 0 Å². The van der Waals surface area contributed by atoms with E-state index in [1.165, 1.54) is 38.9 Å². The number of rotatable bonds is 9. The number of ether oxygens (including phenoxy) is 1. The van der Waals surface area contributed by atoms with Crippen molar-refractivity contribution in [1.82, 2.24) is 18.7 Å². The number of benzene rings is 10. The minimum absolute atomic E-state index is 0.140. The molecule has 0 radical (unpaired) electrons. The van der Waals surface area contributed by atoms with E-state index in [-0.39, 0.29) is 35.1 Å². The van der Waals surface area contributed by atoms with Gasteiger partial charge in [0.2, 0.25) is 0 Å². The van der Waals surface area contributed by atoms with E-state index in [2.05, 4.69) is 218 Å². The van der Waals surface area contributed by atoms with Crippen LogP contribution in [0.2, 0.25) is 0 Å². The summed E-state index contributed by atoms with van der Waals surface area (Å²) in [4.78, 5) is 4.90. The zero-order valence-electron chi connectivity index (χ0n) is 47.4. The molecule has 0 saturated carbocycles. The van der Waals surface area contributed by atoms with Crippen LogP contribution in [0, 0.1) is 15.9 Å². The number of imidazole rings is 1. The van der Waals surface area contributed by atoms with Crippen LogP contribution in [0.15, 0.2) is 237 Å². The van der Waals surface area contributed by atoms with E-state index in [4.69, 9.17) is 16.6 Å². The zero-order valence-corrected chi connectivity index (χ0v) is 44.6. The van der Waals surface area contributed by atoms with Crippen molar-refractivity contribution >= 4 is 32.8 Å². The Morgan fingerprint density at radius 3 is 1.95 bits per heavy atom. The normalized spacial score (nSPS) is 13.0. The van der Waals surface area contributed by atoms with Gasteiger partial charge in [-0.15, -0.1) is 0 Å². The first-order valence-electron chi connectivity index (χ1n) is 28.2. The van der Waals surface area contributed by atoms with Gasteiger partial charge in [0.25, 0.3) is 0 Å². The van der Waals surface area contributed by atoms with E-state index in [9.17, 15) is 0 Å². The van der Waals surface area contributed by atoms with Gasteiger partial charge in [0.15, 0.2) is 0 Å². The molecule has 6 heteroatoms. The molecule has 0 unspecified atom stereocenters. The first kappa shape index (κ1) is 41.4. The molecule has 0 aliphatic heterocycles.